The molecule has 0 fully saturated rings. The van der Waals surface area contributed by atoms with Gasteiger partial charge < -0.3 is 5.11 Å². The third-order valence-electron chi connectivity index (χ3n) is 2.24. The fourth-order valence-corrected chi connectivity index (χ4v) is 1.39. The fraction of sp³-hybridized carbons (Fsp3) is 0.308. The molecule has 0 radical (unpaired) electrons. The van der Waals surface area contributed by atoms with Crippen LogP contribution in [0.25, 0.3) is 6.08 Å². The smallest absolute Gasteiger partial charge is 0.310 e. The highest BCUT2D eigenvalue weighted by molar-refractivity contribution is 5.75. The van der Waals surface area contributed by atoms with Gasteiger partial charge in [-0.05, 0) is 31.9 Å². The zero-order valence-corrected chi connectivity index (χ0v) is 9.32. The molecule has 0 amide bonds. The number of carboxylic acid groups (broad SMARTS) is 1. The van der Waals surface area contributed by atoms with Crippen molar-refractivity contribution in [1.82, 2.24) is 0 Å². The van der Waals surface area contributed by atoms with Crippen LogP contribution in [0.2, 0.25) is 0 Å². The third-order valence-corrected chi connectivity index (χ3v) is 2.24. The summed E-state index contributed by atoms with van der Waals surface area (Å²) in [5, 5.41) is 8.89. The Morgan fingerprint density at radius 2 is 2.07 bits per heavy atom. The topological polar surface area (TPSA) is 37.3 Å². The molecule has 0 saturated carbocycles. The van der Waals surface area contributed by atoms with Crippen molar-refractivity contribution in [3.63, 3.8) is 0 Å². The van der Waals surface area contributed by atoms with E-state index in [0.717, 1.165) is 11.1 Å². The average Bonchev–Trinajstić information content (AvgIpc) is 2.16. The highest BCUT2D eigenvalue weighted by atomic mass is 16.4. The summed E-state index contributed by atoms with van der Waals surface area (Å²) in [6.45, 7) is 5.74. The summed E-state index contributed by atoms with van der Waals surface area (Å²) < 4.78 is 0. The minimum absolute atomic E-state index is 0.449. The van der Waals surface area contributed by atoms with Gasteiger partial charge in [-0.1, -0.05) is 35.9 Å². The quantitative estimate of drug-likeness (QED) is 0.820. The van der Waals surface area contributed by atoms with E-state index in [2.05, 4.69) is 0 Å². The van der Waals surface area contributed by atoms with E-state index in [-0.39, 0.29) is 0 Å². The summed E-state index contributed by atoms with van der Waals surface area (Å²) in [5.74, 6) is -1.24. The number of aliphatic carboxylic acids is 1. The van der Waals surface area contributed by atoms with Gasteiger partial charge in [-0.25, -0.2) is 0 Å². The van der Waals surface area contributed by atoms with Gasteiger partial charge >= 0.3 is 5.97 Å². The van der Waals surface area contributed by atoms with Crippen molar-refractivity contribution in [3.8, 4) is 0 Å². The first-order valence-corrected chi connectivity index (χ1v) is 4.98. The summed E-state index contributed by atoms with van der Waals surface area (Å²) in [7, 11) is 0. The van der Waals surface area contributed by atoms with Crippen LogP contribution in [0.4, 0.5) is 0 Å². The number of hydrogen-bond donors (Lipinski definition) is 1. The molecule has 2 heteroatoms. The van der Waals surface area contributed by atoms with Crippen LogP contribution < -0.4 is 0 Å². The lowest BCUT2D eigenvalue weighted by atomic mass is 9.99. The molecule has 1 rings (SSSR count). The predicted octanol–water partition coefficient (Wildman–Crippen LogP) is 3.30. The second-order valence-corrected chi connectivity index (χ2v) is 3.95. The van der Waals surface area contributed by atoms with Gasteiger partial charge in [0.1, 0.15) is 0 Å². The van der Waals surface area contributed by atoms with E-state index < -0.39 is 11.9 Å². The minimum Gasteiger partial charge on any atom is -0.481 e. The summed E-state index contributed by atoms with van der Waals surface area (Å²) in [5.41, 5.74) is 3.10. The van der Waals surface area contributed by atoms with E-state index in [1.807, 2.05) is 44.2 Å². The van der Waals surface area contributed by atoms with Gasteiger partial charge in [0.2, 0.25) is 0 Å². The number of carbonyl (C=O) groups is 1. The van der Waals surface area contributed by atoms with E-state index in [1.54, 1.807) is 6.92 Å². The third kappa shape index (κ3) is 3.24. The van der Waals surface area contributed by atoms with Crippen LogP contribution >= 0.6 is 0 Å². The maximum Gasteiger partial charge on any atom is 0.310 e. The molecule has 0 aliphatic carbocycles. The average molecular weight is 204 g/mol. The monoisotopic (exact) mass is 204 g/mol. The Bertz CT molecular complexity index is 387. The molecule has 0 heterocycles. The van der Waals surface area contributed by atoms with Crippen LogP contribution in [0.1, 0.15) is 37.8 Å². The maximum absolute atomic E-state index is 10.8. The molecule has 0 aliphatic rings. The first-order valence-electron chi connectivity index (χ1n) is 4.98. The molecule has 0 saturated heterocycles. The molecule has 0 bridgehead atoms. The van der Waals surface area contributed by atoms with Crippen molar-refractivity contribution in [3.05, 3.63) is 41.0 Å². The molecule has 1 atom stereocenters. The van der Waals surface area contributed by atoms with Gasteiger partial charge in [-0.2, -0.15) is 0 Å². The van der Waals surface area contributed by atoms with Gasteiger partial charge in [0.25, 0.3) is 0 Å². The lowest BCUT2D eigenvalue weighted by Crippen LogP contribution is -2.07. The van der Waals surface area contributed by atoms with Crippen molar-refractivity contribution in [1.29, 1.82) is 0 Å². The molecule has 0 aliphatic heterocycles. The number of rotatable bonds is 3. The maximum atomic E-state index is 10.8. The molecule has 1 aromatic rings. The molecule has 15 heavy (non-hydrogen) atoms. The zero-order valence-electron chi connectivity index (χ0n) is 9.32. The van der Waals surface area contributed by atoms with Crippen molar-refractivity contribution in [2.24, 2.45) is 0 Å². The summed E-state index contributed by atoms with van der Waals surface area (Å²) in [6.07, 6.45) is 2.04. The first kappa shape index (κ1) is 11.5. The van der Waals surface area contributed by atoms with Crippen LogP contribution in [-0.2, 0) is 4.79 Å². The van der Waals surface area contributed by atoms with E-state index >= 15 is 0 Å². The highest BCUT2D eigenvalue weighted by Gasteiger charge is 2.12. The van der Waals surface area contributed by atoms with Crippen LogP contribution in [0, 0.1) is 0 Å². The Kier molecular flexibility index (Phi) is 3.67. The van der Waals surface area contributed by atoms with Crippen LogP contribution in [0.3, 0.4) is 0 Å². The minimum atomic E-state index is -0.788. The predicted molar refractivity (Wildman–Crippen MR) is 61.8 cm³/mol. The standard InChI is InChI=1S/C13H16O2/c1-9(2)7-11-5-4-6-12(8-11)10(3)13(14)15/h4-8,10H,1-3H3,(H,14,15). The van der Waals surface area contributed by atoms with Crippen LogP contribution in [0.15, 0.2) is 29.8 Å². The van der Waals surface area contributed by atoms with Crippen molar-refractivity contribution in [2.75, 3.05) is 0 Å². The zero-order chi connectivity index (χ0) is 11.4. The van der Waals surface area contributed by atoms with Crippen LogP contribution in [-0.4, -0.2) is 11.1 Å². The molecular weight excluding hydrogens is 188 g/mol. The SMILES string of the molecule is CC(C)=Cc1cccc(C(C)C(=O)O)c1. The molecule has 2 nitrogen and oxygen atoms in total. The highest BCUT2D eigenvalue weighted by Crippen LogP contribution is 2.18. The lowest BCUT2D eigenvalue weighted by molar-refractivity contribution is -0.138. The molecule has 1 N–H and O–H groups in total. The van der Waals surface area contributed by atoms with Gasteiger partial charge in [-0.15, -0.1) is 0 Å². The second-order valence-electron chi connectivity index (χ2n) is 3.95. The summed E-state index contributed by atoms with van der Waals surface area (Å²) >= 11 is 0. The lowest BCUT2D eigenvalue weighted by Gasteiger charge is -2.07. The Morgan fingerprint density at radius 3 is 2.60 bits per heavy atom. The first-order chi connectivity index (χ1) is 7.00. The number of benzene rings is 1. The summed E-state index contributed by atoms with van der Waals surface area (Å²) in [4.78, 5) is 10.8. The Balaban J connectivity index is 3.02. The number of hydrogen-bond acceptors (Lipinski definition) is 1. The molecule has 1 unspecified atom stereocenters. The molecule has 80 valence electrons. The Labute approximate surface area is 90.3 Å². The fourth-order valence-electron chi connectivity index (χ4n) is 1.39. The van der Waals surface area contributed by atoms with Crippen molar-refractivity contribution >= 4 is 12.0 Å². The number of carboxylic acids is 1. The van der Waals surface area contributed by atoms with E-state index in [0.29, 0.717) is 0 Å². The van der Waals surface area contributed by atoms with Crippen molar-refractivity contribution in [2.45, 2.75) is 26.7 Å². The van der Waals surface area contributed by atoms with E-state index in [9.17, 15) is 4.79 Å². The molecular formula is C13H16O2. The Hall–Kier alpha value is -1.57. The van der Waals surface area contributed by atoms with Crippen molar-refractivity contribution < 1.29 is 9.90 Å². The number of allylic oxidation sites excluding steroid dienone is 1. The molecule has 0 aromatic heterocycles. The van der Waals surface area contributed by atoms with Gasteiger partial charge in [0.15, 0.2) is 0 Å². The largest absolute Gasteiger partial charge is 0.481 e. The van der Waals surface area contributed by atoms with Gasteiger partial charge in [0.05, 0.1) is 5.92 Å². The normalized spacial score (nSPS) is 11.9. The van der Waals surface area contributed by atoms with Crippen LogP contribution in [0.5, 0.6) is 0 Å². The Morgan fingerprint density at radius 1 is 1.40 bits per heavy atom. The molecule has 1 aromatic carbocycles. The van der Waals surface area contributed by atoms with E-state index in [1.165, 1.54) is 5.57 Å². The van der Waals surface area contributed by atoms with E-state index in [4.69, 9.17) is 5.11 Å². The summed E-state index contributed by atoms with van der Waals surface area (Å²) in [6, 6.07) is 7.64. The molecule has 0 spiro atoms. The van der Waals surface area contributed by atoms with Gasteiger partial charge in [0, 0.05) is 0 Å². The van der Waals surface area contributed by atoms with Gasteiger partial charge in [-0.3, -0.25) is 4.79 Å². The second kappa shape index (κ2) is 4.78.